The summed E-state index contributed by atoms with van der Waals surface area (Å²) in [4.78, 5) is 29.6. The number of anilines is 1. The lowest BCUT2D eigenvalue weighted by Crippen LogP contribution is -2.92. The molecule has 4 rings (SSSR count). The minimum atomic E-state index is -0.337. The maximum Gasteiger partial charge on any atom is 0.292 e. The van der Waals surface area contributed by atoms with Crippen LogP contribution in [0.2, 0.25) is 0 Å². The van der Waals surface area contributed by atoms with Gasteiger partial charge in [0.15, 0.2) is 6.04 Å². The first-order chi connectivity index (χ1) is 12.6. The molecule has 26 heavy (non-hydrogen) atoms. The molecule has 0 radical (unpaired) electrons. The number of nitrogens with zero attached hydrogens (tertiary/aromatic N) is 1. The first kappa shape index (κ1) is 17.0. The van der Waals surface area contributed by atoms with Gasteiger partial charge in [-0.15, -0.1) is 0 Å². The quantitative estimate of drug-likeness (QED) is 0.631. The highest BCUT2D eigenvalue weighted by Crippen LogP contribution is 2.23. The second kappa shape index (κ2) is 7.05. The molecule has 0 spiro atoms. The maximum absolute atomic E-state index is 12.7. The van der Waals surface area contributed by atoms with Gasteiger partial charge in [-0.05, 0) is 35.9 Å². The number of quaternary nitrogens is 1. The zero-order valence-electron chi connectivity index (χ0n) is 14.1. The number of hydrogen-bond donors (Lipinski definition) is 2. The average molecular weight is 413 g/mol. The van der Waals surface area contributed by atoms with E-state index in [9.17, 15) is 9.59 Å². The number of benzene rings is 2. The summed E-state index contributed by atoms with van der Waals surface area (Å²) in [6, 6.07) is 15.1. The first-order valence-electron chi connectivity index (χ1n) is 8.64. The van der Waals surface area contributed by atoms with Crippen molar-refractivity contribution in [2.45, 2.75) is 18.9 Å². The fraction of sp³-hybridized carbons (Fsp3) is 0.200. The standard InChI is InChI=1S/C20H18BrN3O2/c21-14-5-7-15(8-6-14)24-19(25)11-18(20(24)26)22-10-9-13-12-23-17-4-2-1-3-16(13)17/h1-8,12,18,22-23H,9-11H2/p+1/t18-/m0/s1. The molecule has 2 amide bonds. The number of carbonyl (C=O) groups excluding carboxylic acids is 2. The number of rotatable bonds is 5. The first-order valence-corrected chi connectivity index (χ1v) is 9.43. The number of H-pyrrole nitrogens is 1. The number of aromatic nitrogens is 1. The van der Waals surface area contributed by atoms with Crippen molar-refractivity contribution < 1.29 is 14.9 Å². The van der Waals surface area contributed by atoms with Crippen molar-refractivity contribution in [1.82, 2.24) is 4.98 Å². The SMILES string of the molecule is O=C1C[C@H]([NH2+]CCc2c[nH]c3ccccc23)C(=O)N1c1ccc(Br)cc1. The molecular formula is C20H19BrN3O2+. The predicted molar refractivity (Wildman–Crippen MR) is 104 cm³/mol. The third kappa shape index (κ3) is 3.18. The number of imide groups is 1. The van der Waals surface area contributed by atoms with E-state index in [0.717, 1.165) is 23.0 Å². The van der Waals surface area contributed by atoms with Gasteiger partial charge < -0.3 is 10.3 Å². The molecule has 2 heterocycles. The highest BCUT2D eigenvalue weighted by molar-refractivity contribution is 9.10. The summed E-state index contributed by atoms with van der Waals surface area (Å²) in [5.41, 5.74) is 2.99. The molecule has 0 saturated carbocycles. The van der Waals surface area contributed by atoms with E-state index in [1.54, 1.807) is 12.1 Å². The van der Waals surface area contributed by atoms with Gasteiger partial charge in [0.2, 0.25) is 5.91 Å². The summed E-state index contributed by atoms with van der Waals surface area (Å²) in [7, 11) is 0. The largest absolute Gasteiger partial charge is 0.361 e. The highest BCUT2D eigenvalue weighted by Gasteiger charge is 2.42. The van der Waals surface area contributed by atoms with Gasteiger partial charge in [0.25, 0.3) is 5.91 Å². The molecule has 1 aliphatic rings. The van der Waals surface area contributed by atoms with Crippen LogP contribution in [-0.2, 0) is 16.0 Å². The normalized spacial score (nSPS) is 17.4. The number of aromatic amines is 1. The predicted octanol–water partition coefficient (Wildman–Crippen LogP) is 2.37. The van der Waals surface area contributed by atoms with E-state index >= 15 is 0 Å². The van der Waals surface area contributed by atoms with E-state index in [0.29, 0.717) is 5.69 Å². The smallest absolute Gasteiger partial charge is 0.292 e. The summed E-state index contributed by atoms with van der Waals surface area (Å²) in [6.45, 7) is 0.764. The number of nitrogens with two attached hydrogens (primary N) is 1. The van der Waals surface area contributed by atoms with E-state index in [-0.39, 0.29) is 24.3 Å². The monoisotopic (exact) mass is 412 g/mol. The molecule has 1 aromatic heterocycles. The Morgan fingerprint density at radius 1 is 1.12 bits per heavy atom. The molecule has 132 valence electrons. The van der Waals surface area contributed by atoms with Crippen molar-refractivity contribution in [3.63, 3.8) is 0 Å². The van der Waals surface area contributed by atoms with Gasteiger partial charge in [0, 0.05) is 28.0 Å². The van der Waals surface area contributed by atoms with Crippen molar-refractivity contribution in [3.05, 3.63) is 64.8 Å². The van der Waals surface area contributed by atoms with Crippen LogP contribution in [0.1, 0.15) is 12.0 Å². The molecule has 0 bridgehead atoms. The molecule has 1 aliphatic heterocycles. The van der Waals surface area contributed by atoms with Gasteiger partial charge in [-0.2, -0.15) is 0 Å². The van der Waals surface area contributed by atoms with Crippen LogP contribution < -0.4 is 10.2 Å². The molecule has 6 heteroatoms. The average Bonchev–Trinajstić information content (AvgIpc) is 3.17. The Labute approximate surface area is 159 Å². The third-order valence-electron chi connectivity index (χ3n) is 4.81. The minimum absolute atomic E-state index is 0.128. The Morgan fingerprint density at radius 3 is 2.69 bits per heavy atom. The lowest BCUT2D eigenvalue weighted by molar-refractivity contribution is -0.674. The summed E-state index contributed by atoms with van der Waals surface area (Å²) in [5.74, 6) is -0.262. The van der Waals surface area contributed by atoms with Crippen molar-refractivity contribution in [2.75, 3.05) is 11.4 Å². The van der Waals surface area contributed by atoms with Gasteiger partial charge in [-0.25, -0.2) is 4.90 Å². The Hall–Kier alpha value is -2.44. The zero-order chi connectivity index (χ0) is 18.1. The summed E-state index contributed by atoms with van der Waals surface area (Å²) < 4.78 is 0.919. The molecule has 1 atom stereocenters. The van der Waals surface area contributed by atoms with Crippen molar-refractivity contribution in [1.29, 1.82) is 0 Å². The van der Waals surface area contributed by atoms with Crippen molar-refractivity contribution in [3.8, 4) is 0 Å². The van der Waals surface area contributed by atoms with Crippen LogP contribution in [0.3, 0.4) is 0 Å². The van der Waals surface area contributed by atoms with Gasteiger partial charge in [-0.3, -0.25) is 9.59 Å². The number of halogens is 1. The number of hydrogen-bond acceptors (Lipinski definition) is 2. The van der Waals surface area contributed by atoms with Crippen LogP contribution in [-0.4, -0.2) is 29.4 Å². The van der Waals surface area contributed by atoms with Crippen molar-refractivity contribution >= 4 is 44.3 Å². The number of nitrogens with one attached hydrogen (secondary N) is 1. The lowest BCUT2D eigenvalue weighted by Gasteiger charge is -2.14. The van der Waals surface area contributed by atoms with E-state index in [1.165, 1.54) is 15.8 Å². The van der Waals surface area contributed by atoms with Crippen LogP contribution in [0.5, 0.6) is 0 Å². The topological polar surface area (TPSA) is 69.8 Å². The van der Waals surface area contributed by atoms with Gasteiger partial charge in [-0.1, -0.05) is 34.1 Å². The summed E-state index contributed by atoms with van der Waals surface area (Å²) >= 11 is 3.37. The molecule has 0 aliphatic carbocycles. The number of amides is 2. The fourth-order valence-corrected chi connectivity index (χ4v) is 3.74. The second-order valence-corrected chi connectivity index (χ2v) is 7.40. The van der Waals surface area contributed by atoms with Gasteiger partial charge in [0.1, 0.15) is 0 Å². The van der Waals surface area contributed by atoms with E-state index < -0.39 is 0 Å². The molecule has 1 saturated heterocycles. The van der Waals surface area contributed by atoms with Crippen LogP contribution in [0.15, 0.2) is 59.2 Å². The van der Waals surface area contributed by atoms with E-state index in [4.69, 9.17) is 0 Å². The van der Waals surface area contributed by atoms with Crippen molar-refractivity contribution in [2.24, 2.45) is 0 Å². The zero-order valence-corrected chi connectivity index (χ0v) is 15.7. The van der Waals surface area contributed by atoms with Crippen LogP contribution >= 0.6 is 15.9 Å². The molecule has 0 unspecified atom stereocenters. The Morgan fingerprint density at radius 2 is 1.88 bits per heavy atom. The van der Waals surface area contributed by atoms with Crippen LogP contribution in [0.25, 0.3) is 10.9 Å². The van der Waals surface area contributed by atoms with Crippen LogP contribution in [0.4, 0.5) is 5.69 Å². The molecule has 3 aromatic rings. The number of fused-ring (bicyclic) bond motifs is 1. The van der Waals surface area contributed by atoms with Crippen LogP contribution in [0, 0.1) is 0 Å². The molecule has 3 N–H and O–H groups in total. The fourth-order valence-electron chi connectivity index (χ4n) is 3.48. The highest BCUT2D eigenvalue weighted by atomic mass is 79.9. The lowest BCUT2D eigenvalue weighted by atomic mass is 10.1. The second-order valence-electron chi connectivity index (χ2n) is 6.49. The summed E-state index contributed by atoms with van der Waals surface area (Å²) in [5, 5.41) is 3.20. The number of carbonyl (C=O) groups is 2. The van der Waals surface area contributed by atoms with E-state index in [1.807, 2.05) is 35.8 Å². The Bertz CT molecular complexity index is 965. The Balaban J connectivity index is 1.40. The molecular weight excluding hydrogens is 394 g/mol. The van der Waals surface area contributed by atoms with E-state index in [2.05, 4.69) is 33.0 Å². The third-order valence-corrected chi connectivity index (χ3v) is 5.33. The Kier molecular flexibility index (Phi) is 4.61. The van der Waals surface area contributed by atoms with Gasteiger partial charge in [0.05, 0.1) is 18.7 Å². The minimum Gasteiger partial charge on any atom is -0.361 e. The molecule has 5 nitrogen and oxygen atoms in total. The molecule has 1 fully saturated rings. The molecule has 2 aromatic carbocycles. The maximum atomic E-state index is 12.7. The summed E-state index contributed by atoms with van der Waals surface area (Å²) in [6.07, 6.45) is 3.12. The number of para-hydroxylation sites is 1. The van der Waals surface area contributed by atoms with Gasteiger partial charge >= 0.3 is 0 Å².